The van der Waals surface area contributed by atoms with Crippen molar-refractivity contribution in [2.24, 2.45) is 0 Å². The Kier molecular flexibility index (Phi) is 5.95. The summed E-state index contributed by atoms with van der Waals surface area (Å²) < 4.78 is 5.40. The Morgan fingerprint density at radius 1 is 1.23 bits per heavy atom. The summed E-state index contributed by atoms with van der Waals surface area (Å²) in [4.78, 5) is 4.21. The number of aromatic nitrogens is 1. The fourth-order valence-electron chi connectivity index (χ4n) is 2.46. The fraction of sp³-hybridized carbons (Fsp3) is 0.333. The number of pyridine rings is 1. The van der Waals surface area contributed by atoms with Crippen LogP contribution in [0.25, 0.3) is 0 Å². The van der Waals surface area contributed by atoms with E-state index in [0.717, 1.165) is 42.2 Å². The smallest absolute Gasteiger partial charge is 0.125 e. The predicted molar refractivity (Wildman–Crippen MR) is 91.1 cm³/mol. The molecule has 1 aromatic heterocycles. The molecule has 4 nitrogen and oxygen atoms in total. The number of para-hydroxylation sites is 1. The van der Waals surface area contributed by atoms with Crippen LogP contribution in [0.2, 0.25) is 0 Å². The van der Waals surface area contributed by atoms with E-state index < -0.39 is 0 Å². The molecule has 2 aromatic rings. The average Bonchev–Trinajstić information content (AvgIpc) is 2.55. The van der Waals surface area contributed by atoms with Gasteiger partial charge in [0.25, 0.3) is 0 Å². The lowest BCUT2D eigenvalue weighted by Gasteiger charge is -2.16. The van der Waals surface area contributed by atoms with Crippen molar-refractivity contribution < 1.29 is 4.74 Å². The number of hydrogen-bond acceptors (Lipinski definition) is 4. The molecule has 0 aliphatic carbocycles. The van der Waals surface area contributed by atoms with Crippen LogP contribution in [0.1, 0.15) is 31.2 Å². The van der Waals surface area contributed by atoms with E-state index in [1.165, 1.54) is 0 Å². The van der Waals surface area contributed by atoms with Crippen molar-refractivity contribution in [3.8, 4) is 5.75 Å². The van der Waals surface area contributed by atoms with Gasteiger partial charge >= 0.3 is 0 Å². The van der Waals surface area contributed by atoms with Crippen LogP contribution in [0.3, 0.4) is 0 Å². The van der Waals surface area contributed by atoms with E-state index >= 15 is 0 Å². The standard InChI is InChI=1S/C18H23N3O/c1-14(16-7-3-4-8-17(16)22-2)13-15(19)10-12-21-18-9-5-6-11-20-18/h3-9,11,14,19H,10,12-13H2,1-2H3,(H,20,21)/t14-/m0/s1. The lowest BCUT2D eigenvalue weighted by atomic mass is 9.93. The molecule has 0 amide bonds. The van der Waals surface area contributed by atoms with E-state index in [1.54, 1.807) is 13.3 Å². The van der Waals surface area contributed by atoms with E-state index in [-0.39, 0.29) is 5.92 Å². The first kappa shape index (κ1) is 16.0. The molecule has 116 valence electrons. The van der Waals surface area contributed by atoms with E-state index in [4.69, 9.17) is 10.1 Å². The summed E-state index contributed by atoms with van der Waals surface area (Å²) in [5.41, 5.74) is 1.90. The van der Waals surface area contributed by atoms with E-state index in [1.807, 2.05) is 36.4 Å². The fourth-order valence-corrected chi connectivity index (χ4v) is 2.46. The summed E-state index contributed by atoms with van der Waals surface area (Å²) >= 11 is 0. The van der Waals surface area contributed by atoms with Gasteiger partial charge < -0.3 is 15.5 Å². The highest BCUT2D eigenvalue weighted by atomic mass is 16.5. The molecule has 22 heavy (non-hydrogen) atoms. The second-order valence-electron chi connectivity index (χ2n) is 5.34. The van der Waals surface area contributed by atoms with Gasteiger partial charge in [0.15, 0.2) is 0 Å². The zero-order chi connectivity index (χ0) is 15.8. The molecule has 1 aromatic carbocycles. The molecular weight excluding hydrogens is 274 g/mol. The van der Waals surface area contributed by atoms with Crippen LogP contribution in [0, 0.1) is 5.41 Å². The van der Waals surface area contributed by atoms with Gasteiger partial charge in [-0.3, -0.25) is 0 Å². The molecule has 0 bridgehead atoms. The zero-order valence-corrected chi connectivity index (χ0v) is 13.2. The minimum atomic E-state index is 0.276. The van der Waals surface area contributed by atoms with Crippen LogP contribution in [0.5, 0.6) is 5.75 Å². The van der Waals surface area contributed by atoms with Crippen LogP contribution in [0.15, 0.2) is 48.7 Å². The monoisotopic (exact) mass is 297 g/mol. The minimum absolute atomic E-state index is 0.276. The van der Waals surface area contributed by atoms with Gasteiger partial charge in [-0.25, -0.2) is 4.98 Å². The summed E-state index contributed by atoms with van der Waals surface area (Å²) in [6.07, 6.45) is 3.22. The summed E-state index contributed by atoms with van der Waals surface area (Å²) in [5, 5.41) is 11.4. The molecule has 0 aliphatic rings. The number of hydrogen-bond donors (Lipinski definition) is 2. The van der Waals surface area contributed by atoms with Crippen molar-refractivity contribution in [2.45, 2.75) is 25.7 Å². The van der Waals surface area contributed by atoms with Crippen LogP contribution in [0.4, 0.5) is 5.82 Å². The van der Waals surface area contributed by atoms with Gasteiger partial charge in [-0.05, 0) is 36.1 Å². The molecule has 2 N–H and O–H groups in total. The topological polar surface area (TPSA) is 58.0 Å². The SMILES string of the molecule is COc1ccccc1[C@@H](C)CC(=N)CCNc1ccccn1. The molecule has 0 fully saturated rings. The quantitative estimate of drug-likeness (QED) is 0.721. The third-order valence-electron chi connectivity index (χ3n) is 3.62. The summed E-state index contributed by atoms with van der Waals surface area (Å²) in [6, 6.07) is 13.8. The zero-order valence-electron chi connectivity index (χ0n) is 13.2. The maximum atomic E-state index is 8.16. The Morgan fingerprint density at radius 2 is 2.00 bits per heavy atom. The third-order valence-corrected chi connectivity index (χ3v) is 3.62. The largest absolute Gasteiger partial charge is 0.496 e. The molecular formula is C18H23N3O. The molecule has 0 saturated heterocycles. The first-order valence-electron chi connectivity index (χ1n) is 7.55. The Bertz CT molecular complexity index is 598. The predicted octanol–water partition coefficient (Wildman–Crippen LogP) is 4.11. The van der Waals surface area contributed by atoms with Crippen molar-refractivity contribution in [2.75, 3.05) is 19.0 Å². The second kappa shape index (κ2) is 8.17. The van der Waals surface area contributed by atoms with Crippen molar-refractivity contribution in [3.05, 3.63) is 54.2 Å². The molecule has 0 saturated carbocycles. The molecule has 0 radical (unpaired) electrons. The van der Waals surface area contributed by atoms with Crippen LogP contribution >= 0.6 is 0 Å². The number of anilines is 1. The van der Waals surface area contributed by atoms with Crippen molar-refractivity contribution in [1.29, 1.82) is 5.41 Å². The maximum Gasteiger partial charge on any atom is 0.125 e. The number of nitrogens with one attached hydrogen (secondary N) is 2. The number of methoxy groups -OCH3 is 1. The normalized spacial score (nSPS) is 11.7. The van der Waals surface area contributed by atoms with Gasteiger partial charge in [0, 0.05) is 24.9 Å². The van der Waals surface area contributed by atoms with Gasteiger partial charge in [-0.15, -0.1) is 0 Å². The second-order valence-corrected chi connectivity index (χ2v) is 5.34. The average molecular weight is 297 g/mol. The Balaban J connectivity index is 1.81. The minimum Gasteiger partial charge on any atom is -0.496 e. The Morgan fingerprint density at radius 3 is 2.73 bits per heavy atom. The lowest BCUT2D eigenvalue weighted by molar-refractivity contribution is 0.407. The number of benzene rings is 1. The van der Waals surface area contributed by atoms with E-state index in [2.05, 4.69) is 23.3 Å². The highest BCUT2D eigenvalue weighted by Gasteiger charge is 2.12. The summed E-state index contributed by atoms with van der Waals surface area (Å²) in [6.45, 7) is 2.87. The molecule has 0 unspecified atom stereocenters. The summed E-state index contributed by atoms with van der Waals surface area (Å²) in [5.74, 6) is 2.03. The number of rotatable bonds is 8. The highest BCUT2D eigenvalue weighted by Crippen LogP contribution is 2.28. The molecule has 4 heteroatoms. The molecule has 2 rings (SSSR count). The van der Waals surface area contributed by atoms with Crippen LogP contribution in [-0.2, 0) is 0 Å². The van der Waals surface area contributed by atoms with Gasteiger partial charge in [0.2, 0.25) is 0 Å². The van der Waals surface area contributed by atoms with Crippen LogP contribution < -0.4 is 10.1 Å². The van der Waals surface area contributed by atoms with E-state index in [0.29, 0.717) is 0 Å². The summed E-state index contributed by atoms with van der Waals surface area (Å²) in [7, 11) is 1.69. The molecule has 1 atom stereocenters. The van der Waals surface area contributed by atoms with Crippen molar-refractivity contribution in [1.82, 2.24) is 4.98 Å². The molecule has 1 heterocycles. The number of ether oxygens (including phenoxy) is 1. The van der Waals surface area contributed by atoms with E-state index in [9.17, 15) is 0 Å². The van der Waals surface area contributed by atoms with Crippen molar-refractivity contribution >= 4 is 11.5 Å². The first-order valence-corrected chi connectivity index (χ1v) is 7.55. The number of nitrogens with zero attached hydrogens (tertiary/aromatic N) is 1. The van der Waals surface area contributed by atoms with Gasteiger partial charge in [0.1, 0.15) is 11.6 Å². The van der Waals surface area contributed by atoms with Crippen molar-refractivity contribution in [3.63, 3.8) is 0 Å². The molecule has 0 aliphatic heterocycles. The Hall–Kier alpha value is -2.36. The highest BCUT2D eigenvalue weighted by molar-refractivity contribution is 5.82. The maximum absolute atomic E-state index is 8.16. The first-order chi connectivity index (χ1) is 10.7. The Labute approximate surface area is 132 Å². The lowest BCUT2D eigenvalue weighted by Crippen LogP contribution is -2.11. The van der Waals surface area contributed by atoms with Gasteiger partial charge in [-0.2, -0.15) is 0 Å². The van der Waals surface area contributed by atoms with Gasteiger partial charge in [0.05, 0.1) is 7.11 Å². The van der Waals surface area contributed by atoms with Crippen LogP contribution in [-0.4, -0.2) is 24.4 Å². The van der Waals surface area contributed by atoms with Gasteiger partial charge in [-0.1, -0.05) is 31.2 Å². The third kappa shape index (κ3) is 4.58. The molecule has 0 spiro atoms.